The highest BCUT2D eigenvalue weighted by Gasteiger charge is 2.32. The van der Waals surface area contributed by atoms with Crippen molar-refractivity contribution in [3.63, 3.8) is 0 Å². The SMILES string of the molecule is CC(C)S(=O)(=O)Nc1ccc(CNc2cccc(S(=O)(=O)N3C[C@@H](C)O[C@@H](C)C3)c2)cc1. The number of nitrogens with zero attached hydrogens (tertiary/aromatic N) is 1. The van der Waals surface area contributed by atoms with Crippen molar-refractivity contribution in [2.24, 2.45) is 0 Å². The molecule has 176 valence electrons. The van der Waals surface area contributed by atoms with Gasteiger partial charge in [0.05, 0.1) is 22.4 Å². The first-order chi connectivity index (χ1) is 15.0. The molecule has 2 N–H and O–H groups in total. The summed E-state index contributed by atoms with van der Waals surface area (Å²) in [7, 11) is -7.00. The average molecular weight is 482 g/mol. The second-order valence-corrected chi connectivity index (χ2v) is 12.5. The molecular formula is C22H31N3O5S2. The van der Waals surface area contributed by atoms with E-state index < -0.39 is 25.3 Å². The Morgan fingerprint density at radius 3 is 2.19 bits per heavy atom. The maximum absolute atomic E-state index is 13.1. The van der Waals surface area contributed by atoms with Gasteiger partial charge in [0.25, 0.3) is 0 Å². The fraction of sp³-hybridized carbons (Fsp3) is 0.455. The summed E-state index contributed by atoms with van der Waals surface area (Å²) in [5, 5.41) is 2.72. The van der Waals surface area contributed by atoms with Crippen molar-refractivity contribution in [1.82, 2.24) is 4.31 Å². The second kappa shape index (κ2) is 9.78. The predicted octanol–water partition coefficient (Wildman–Crippen LogP) is 3.25. The molecule has 10 heteroatoms. The molecule has 1 heterocycles. The summed E-state index contributed by atoms with van der Waals surface area (Å²) in [6.45, 7) is 8.11. The highest BCUT2D eigenvalue weighted by molar-refractivity contribution is 7.93. The number of benzene rings is 2. The van der Waals surface area contributed by atoms with Gasteiger partial charge in [0.2, 0.25) is 20.0 Å². The molecule has 0 bridgehead atoms. The Labute approximate surface area is 191 Å². The van der Waals surface area contributed by atoms with E-state index in [2.05, 4.69) is 10.0 Å². The Kier molecular flexibility index (Phi) is 7.49. The van der Waals surface area contributed by atoms with E-state index in [1.807, 2.05) is 32.0 Å². The zero-order chi connectivity index (χ0) is 23.5. The standard InChI is InChI=1S/C22H31N3O5S2/c1-16(2)31(26,27)24-20-10-8-19(9-11-20)13-23-21-6-5-7-22(12-21)32(28,29)25-14-17(3)30-18(4)15-25/h5-12,16-18,23-24H,13-15H2,1-4H3/t17-,18+. The highest BCUT2D eigenvalue weighted by atomic mass is 32.2. The Bertz CT molecular complexity index is 1120. The summed E-state index contributed by atoms with van der Waals surface area (Å²) in [4.78, 5) is 0.238. The van der Waals surface area contributed by atoms with Crippen LogP contribution in [0.5, 0.6) is 0 Å². The number of anilines is 2. The topological polar surface area (TPSA) is 105 Å². The van der Waals surface area contributed by atoms with Crippen LogP contribution >= 0.6 is 0 Å². The molecule has 1 fully saturated rings. The molecule has 0 amide bonds. The number of rotatable bonds is 8. The molecule has 3 rings (SSSR count). The number of morpholine rings is 1. The minimum absolute atomic E-state index is 0.150. The van der Waals surface area contributed by atoms with Crippen molar-refractivity contribution in [1.29, 1.82) is 0 Å². The third-order valence-corrected chi connectivity index (χ3v) is 8.78. The molecule has 0 aliphatic carbocycles. The fourth-order valence-corrected chi connectivity index (χ4v) is 5.76. The Hall–Kier alpha value is -2.14. The molecule has 32 heavy (non-hydrogen) atoms. The van der Waals surface area contributed by atoms with E-state index in [-0.39, 0.29) is 17.1 Å². The second-order valence-electron chi connectivity index (χ2n) is 8.35. The minimum Gasteiger partial charge on any atom is -0.381 e. The molecule has 2 atom stereocenters. The lowest BCUT2D eigenvalue weighted by atomic mass is 10.2. The van der Waals surface area contributed by atoms with Crippen LogP contribution in [0.1, 0.15) is 33.3 Å². The van der Waals surface area contributed by atoms with Gasteiger partial charge in [-0.25, -0.2) is 16.8 Å². The molecule has 2 aromatic carbocycles. The molecule has 2 aromatic rings. The van der Waals surface area contributed by atoms with Gasteiger partial charge in [-0.1, -0.05) is 18.2 Å². The summed E-state index contributed by atoms with van der Waals surface area (Å²) < 4.78 is 59.8. The molecular weight excluding hydrogens is 450 g/mol. The molecule has 0 saturated carbocycles. The minimum atomic E-state index is -3.62. The number of hydrogen-bond acceptors (Lipinski definition) is 6. The van der Waals surface area contributed by atoms with Crippen LogP contribution in [0.2, 0.25) is 0 Å². The third-order valence-electron chi connectivity index (χ3n) is 5.19. The monoisotopic (exact) mass is 481 g/mol. The van der Waals surface area contributed by atoms with E-state index in [1.54, 1.807) is 44.2 Å². The summed E-state index contributed by atoms with van der Waals surface area (Å²) in [5.74, 6) is 0. The van der Waals surface area contributed by atoms with Crippen LogP contribution in [0.4, 0.5) is 11.4 Å². The van der Waals surface area contributed by atoms with Crippen molar-refractivity contribution < 1.29 is 21.6 Å². The highest BCUT2D eigenvalue weighted by Crippen LogP contribution is 2.24. The number of hydrogen-bond donors (Lipinski definition) is 2. The normalized spacial score (nSPS) is 20.3. The van der Waals surface area contributed by atoms with Crippen LogP contribution in [0.3, 0.4) is 0 Å². The third kappa shape index (κ3) is 6.00. The van der Waals surface area contributed by atoms with Crippen LogP contribution in [0, 0.1) is 0 Å². The van der Waals surface area contributed by atoms with Crippen molar-refractivity contribution >= 4 is 31.4 Å². The fourth-order valence-electron chi connectivity index (χ4n) is 3.42. The maximum Gasteiger partial charge on any atom is 0.243 e. The van der Waals surface area contributed by atoms with Gasteiger partial charge in [-0.15, -0.1) is 0 Å². The van der Waals surface area contributed by atoms with Crippen molar-refractivity contribution in [3.05, 3.63) is 54.1 Å². The van der Waals surface area contributed by atoms with Gasteiger partial charge >= 0.3 is 0 Å². The number of sulfonamides is 2. The van der Waals surface area contributed by atoms with E-state index >= 15 is 0 Å². The largest absolute Gasteiger partial charge is 0.381 e. The van der Waals surface area contributed by atoms with Gasteiger partial charge < -0.3 is 10.1 Å². The number of nitrogens with one attached hydrogen (secondary N) is 2. The smallest absolute Gasteiger partial charge is 0.243 e. The predicted molar refractivity (Wildman–Crippen MR) is 127 cm³/mol. The summed E-state index contributed by atoms with van der Waals surface area (Å²) in [6, 6.07) is 13.8. The Balaban J connectivity index is 1.66. The first-order valence-electron chi connectivity index (χ1n) is 10.6. The summed E-state index contributed by atoms with van der Waals surface area (Å²) >= 11 is 0. The van der Waals surface area contributed by atoms with Crippen LogP contribution < -0.4 is 10.0 Å². The van der Waals surface area contributed by atoms with Crippen molar-refractivity contribution in [2.75, 3.05) is 23.1 Å². The molecule has 1 saturated heterocycles. The summed E-state index contributed by atoms with van der Waals surface area (Å²) in [6.07, 6.45) is -0.300. The molecule has 1 aliphatic heterocycles. The Morgan fingerprint density at radius 1 is 0.969 bits per heavy atom. The zero-order valence-corrected chi connectivity index (χ0v) is 20.4. The molecule has 0 radical (unpaired) electrons. The van der Waals surface area contributed by atoms with Gasteiger partial charge in [0.15, 0.2) is 0 Å². The average Bonchev–Trinajstić information content (AvgIpc) is 2.72. The van der Waals surface area contributed by atoms with Crippen LogP contribution in [0.15, 0.2) is 53.4 Å². The lowest BCUT2D eigenvalue weighted by molar-refractivity contribution is -0.0440. The molecule has 1 aliphatic rings. The van der Waals surface area contributed by atoms with Crippen molar-refractivity contribution in [2.45, 2.75) is 56.6 Å². The van der Waals surface area contributed by atoms with Crippen LogP contribution in [0.25, 0.3) is 0 Å². The van der Waals surface area contributed by atoms with Gasteiger partial charge in [0, 0.05) is 31.0 Å². The first-order valence-corrected chi connectivity index (χ1v) is 13.6. The molecule has 0 aromatic heterocycles. The Morgan fingerprint density at radius 2 is 1.59 bits per heavy atom. The maximum atomic E-state index is 13.1. The zero-order valence-electron chi connectivity index (χ0n) is 18.8. The molecule has 0 unspecified atom stereocenters. The van der Waals surface area contributed by atoms with Gasteiger partial charge in [-0.2, -0.15) is 4.31 Å². The number of ether oxygens (including phenoxy) is 1. The molecule has 8 nitrogen and oxygen atoms in total. The van der Waals surface area contributed by atoms with Gasteiger partial charge in [0.1, 0.15) is 0 Å². The van der Waals surface area contributed by atoms with E-state index in [1.165, 1.54) is 4.31 Å². The van der Waals surface area contributed by atoms with E-state index in [0.29, 0.717) is 31.0 Å². The summed E-state index contributed by atoms with van der Waals surface area (Å²) in [5.41, 5.74) is 2.12. The van der Waals surface area contributed by atoms with Gasteiger partial charge in [-0.3, -0.25) is 4.72 Å². The van der Waals surface area contributed by atoms with E-state index in [4.69, 9.17) is 4.74 Å². The van der Waals surface area contributed by atoms with Crippen LogP contribution in [-0.2, 0) is 31.3 Å². The van der Waals surface area contributed by atoms with E-state index in [9.17, 15) is 16.8 Å². The first kappa shape index (κ1) is 24.5. The van der Waals surface area contributed by atoms with E-state index in [0.717, 1.165) is 5.56 Å². The molecule has 0 spiro atoms. The lowest BCUT2D eigenvalue weighted by Crippen LogP contribution is -2.48. The van der Waals surface area contributed by atoms with Crippen LogP contribution in [-0.4, -0.2) is 51.7 Å². The van der Waals surface area contributed by atoms with Crippen molar-refractivity contribution in [3.8, 4) is 0 Å². The lowest BCUT2D eigenvalue weighted by Gasteiger charge is -2.34. The quantitative estimate of drug-likeness (QED) is 0.600. The van der Waals surface area contributed by atoms with Gasteiger partial charge in [-0.05, 0) is 63.6 Å².